The van der Waals surface area contributed by atoms with Crippen molar-refractivity contribution in [2.24, 2.45) is 5.92 Å². The van der Waals surface area contributed by atoms with E-state index in [9.17, 15) is 9.59 Å². The van der Waals surface area contributed by atoms with Crippen LogP contribution < -0.4 is 0 Å². The van der Waals surface area contributed by atoms with Crippen LogP contribution >= 0.6 is 0 Å². The van der Waals surface area contributed by atoms with Gasteiger partial charge in [0.05, 0.1) is 0 Å². The van der Waals surface area contributed by atoms with Crippen LogP contribution in [0.1, 0.15) is 30.4 Å². The van der Waals surface area contributed by atoms with E-state index in [0.29, 0.717) is 6.54 Å². The zero-order valence-electron chi connectivity index (χ0n) is 11.3. The second kappa shape index (κ2) is 5.43. The molecule has 0 bridgehead atoms. The average molecular weight is 261 g/mol. The minimum atomic E-state index is -0.955. The lowest BCUT2D eigenvalue weighted by Gasteiger charge is -2.18. The van der Waals surface area contributed by atoms with E-state index >= 15 is 0 Å². The lowest BCUT2D eigenvalue weighted by Crippen LogP contribution is -2.36. The third-order valence-corrected chi connectivity index (χ3v) is 3.72. The van der Waals surface area contributed by atoms with E-state index < -0.39 is 5.97 Å². The Bertz CT molecular complexity index is 498. The number of amides is 1. The predicted octanol–water partition coefficient (Wildman–Crippen LogP) is 2.03. The second-order valence-corrected chi connectivity index (χ2v) is 5.05. The van der Waals surface area contributed by atoms with E-state index in [2.05, 4.69) is 6.07 Å². The van der Waals surface area contributed by atoms with Gasteiger partial charge in [-0.05, 0) is 37.3 Å². The van der Waals surface area contributed by atoms with Gasteiger partial charge in [0.25, 0.3) is 0 Å². The number of hydrogen-bond donors (Lipinski definition) is 1. The molecule has 0 aliphatic heterocycles. The highest BCUT2D eigenvalue weighted by atomic mass is 16.4. The molecule has 4 heteroatoms. The summed E-state index contributed by atoms with van der Waals surface area (Å²) in [7, 11) is 0. The van der Waals surface area contributed by atoms with E-state index in [1.807, 2.05) is 32.0 Å². The van der Waals surface area contributed by atoms with Gasteiger partial charge >= 0.3 is 5.97 Å². The molecule has 2 atom stereocenters. The van der Waals surface area contributed by atoms with Crippen molar-refractivity contribution in [3.63, 3.8) is 0 Å². The molecule has 1 aliphatic rings. The number of aryl methyl sites for hydroxylation is 1. The molecule has 0 unspecified atom stereocenters. The summed E-state index contributed by atoms with van der Waals surface area (Å²) >= 11 is 0. The van der Waals surface area contributed by atoms with Crippen LogP contribution in [-0.2, 0) is 9.59 Å². The maximum Gasteiger partial charge on any atom is 0.323 e. The topological polar surface area (TPSA) is 57.6 Å². The molecule has 0 radical (unpaired) electrons. The third-order valence-electron chi connectivity index (χ3n) is 3.72. The van der Waals surface area contributed by atoms with Crippen molar-refractivity contribution >= 4 is 11.9 Å². The van der Waals surface area contributed by atoms with Gasteiger partial charge < -0.3 is 10.0 Å². The van der Waals surface area contributed by atoms with Crippen molar-refractivity contribution in [3.8, 4) is 0 Å². The molecule has 0 spiro atoms. The standard InChI is InChI=1S/C15H19NO3/c1-3-16(9-14(17)18)15(19)13-8-12(13)11-7-5-4-6-10(11)2/h4-7,12-13H,3,8-9H2,1-2H3,(H,17,18)/t12-,13+/m1/s1. The van der Waals surface area contributed by atoms with Crippen LogP contribution in [0.25, 0.3) is 0 Å². The Hall–Kier alpha value is -1.84. The molecule has 1 saturated carbocycles. The number of aliphatic carboxylic acids is 1. The molecule has 1 aliphatic carbocycles. The summed E-state index contributed by atoms with van der Waals surface area (Å²) < 4.78 is 0. The van der Waals surface area contributed by atoms with Gasteiger partial charge in [-0.1, -0.05) is 24.3 Å². The maximum atomic E-state index is 12.2. The Morgan fingerprint density at radius 3 is 2.63 bits per heavy atom. The van der Waals surface area contributed by atoms with Crippen LogP contribution in [0.5, 0.6) is 0 Å². The van der Waals surface area contributed by atoms with Crippen molar-refractivity contribution in [3.05, 3.63) is 35.4 Å². The fourth-order valence-electron chi connectivity index (χ4n) is 2.56. The zero-order valence-corrected chi connectivity index (χ0v) is 11.3. The highest BCUT2D eigenvalue weighted by Gasteiger charge is 2.46. The van der Waals surface area contributed by atoms with E-state index in [4.69, 9.17) is 5.11 Å². The summed E-state index contributed by atoms with van der Waals surface area (Å²) in [5, 5.41) is 8.80. The molecule has 1 amide bonds. The summed E-state index contributed by atoms with van der Waals surface area (Å²) in [5.74, 6) is -0.765. The van der Waals surface area contributed by atoms with Gasteiger partial charge in [0.15, 0.2) is 0 Å². The van der Waals surface area contributed by atoms with Crippen molar-refractivity contribution in [1.29, 1.82) is 0 Å². The first-order valence-electron chi connectivity index (χ1n) is 6.60. The summed E-state index contributed by atoms with van der Waals surface area (Å²) in [5.41, 5.74) is 2.41. The summed E-state index contributed by atoms with van der Waals surface area (Å²) in [6, 6.07) is 8.07. The molecule has 0 aromatic heterocycles. The van der Waals surface area contributed by atoms with E-state index in [-0.39, 0.29) is 24.3 Å². The van der Waals surface area contributed by atoms with Crippen LogP contribution in [-0.4, -0.2) is 35.0 Å². The first kappa shape index (κ1) is 13.6. The Morgan fingerprint density at radius 2 is 2.05 bits per heavy atom. The molecule has 1 aromatic rings. The molecule has 0 saturated heterocycles. The molecule has 4 nitrogen and oxygen atoms in total. The lowest BCUT2D eigenvalue weighted by molar-refractivity contribution is -0.144. The Morgan fingerprint density at radius 1 is 1.37 bits per heavy atom. The minimum absolute atomic E-state index is 0.0295. The zero-order chi connectivity index (χ0) is 14.0. The molecular weight excluding hydrogens is 242 g/mol. The molecule has 1 fully saturated rings. The summed E-state index contributed by atoms with van der Waals surface area (Å²) in [4.78, 5) is 24.4. The van der Waals surface area contributed by atoms with E-state index in [0.717, 1.165) is 6.42 Å². The molecule has 102 valence electrons. The molecule has 1 aromatic carbocycles. The fourth-order valence-corrected chi connectivity index (χ4v) is 2.56. The molecule has 0 heterocycles. The third kappa shape index (κ3) is 2.95. The monoisotopic (exact) mass is 261 g/mol. The highest BCUT2D eigenvalue weighted by molar-refractivity contribution is 5.86. The Labute approximate surface area is 113 Å². The first-order valence-corrected chi connectivity index (χ1v) is 6.60. The lowest BCUT2D eigenvalue weighted by atomic mass is 10.0. The smallest absolute Gasteiger partial charge is 0.323 e. The SMILES string of the molecule is CCN(CC(=O)O)C(=O)[C@H]1C[C@@H]1c1ccccc1C. The quantitative estimate of drug-likeness (QED) is 0.882. The van der Waals surface area contributed by atoms with Crippen molar-refractivity contribution in [2.75, 3.05) is 13.1 Å². The van der Waals surface area contributed by atoms with Crippen LogP contribution in [0.2, 0.25) is 0 Å². The van der Waals surface area contributed by atoms with Gasteiger partial charge in [-0.25, -0.2) is 0 Å². The van der Waals surface area contributed by atoms with Gasteiger partial charge in [-0.2, -0.15) is 0 Å². The Kier molecular flexibility index (Phi) is 3.88. The molecule has 1 N–H and O–H groups in total. The normalized spacial score (nSPS) is 20.9. The van der Waals surface area contributed by atoms with Gasteiger partial charge in [0.1, 0.15) is 6.54 Å². The summed E-state index contributed by atoms with van der Waals surface area (Å²) in [6.45, 7) is 4.10. The van der Waals surface area contributed by atoms with Crippen molar-refractivity contribution in [1.82, 2.24) is 4.90 Å². The number of rotatable bonds is 5. The van der Waals surface area contributed by atoms with Crippen LogP contribution in [0.3, 0.4) is 0 Å². The number of likely N-dealkylation sites (N-methyl/N-ethyl adjacent to an activating group) is 1. The van der Waals surface area contributed by atoms with Crippen LogP contribution in [0.4, 0.5) is 0 Å². The fraction of sp³-hybridized carbons (Fsp3) is 0.467. The first-order chi connectivity index (χ1) is 9.04. The minimum Gasteiger partial charge on any atom is -0.480 e. The highest BCUT2D eigenvalue weighted by Crippen LogP contribution is 2.49. The van der Waals surface area contributed by atoms with Crippen LogP contribution in [0.15, 0.2) is 24.3 Å². The van der Waals surface area contributed by atoms with Gasteiger partial charge in [0.2, 0.25) is 5.91 Å². The summed E-state index contributed by atoms with van der Waals surface area (Å²) in [6.07, 6.45) is 0.833. The van der Waals surface area contributed by atoms with Crippen LogP contribution in [0, 0.1) is 12.8 Å². The molecule has 2 rings (SSSR count). The number of carboxylic acid groups (broad SMARTS) is 1. The second-order valence-electron chi connectivity index (χ2n) is 5.05. The van der Waals surface area contributed by atoms with Gasteiger partial charge in [-0.15, -0.1) is 0 Å². The van der Waals surface area contributed by atoms with Crippen molar-refractivity contribution in [2.45, 2.75) is 26.2 Å². The number of carbonyl (C=O) groups is 2. The maximum absolute atomic E-state index is 12.2. The number of carbonyl (C=O) groups excluding carboxylic acids is 1. The predicted molar refractivity (Wildman–Crippen MR) is 71.9 cm³/mol. The van der Waals surface area contributed by atoms with Crippen molar-refractivity contribution < 1.29 is 14.7 Å². The Balaban J connectivity index is 2.04. The van der Waals surface area contributed by atoms with E-state index in [1.165, 1.54) is 16.0 Å². The number of carboxylic acids is 1. The number of benzene rings is 1. The van der Waals surface area contributed by atoms with E-state index in [1.54, 1.807) is 0 Å². The molecule has 19 heavy (non-hydrogen) atoms. The van der Waals surface area contributed by atoms with Gasteiger partial charge in [0, 0.05) is 12.5 Å². The largest absolute Gasteiger partial charge is 0.480 e. The molecular formula is C15H19NO3. The number of hydrogen-bond acceptors (Lipinski definition) is 2. The van der Waals surface area contributed by atoms with Gasteiger partial charge in [-0.3, -0.25) is 9.59 Å². The number of nitrogens with zero attached hydrogens (tertiary/aromatic N) is 1. The average Bonchev–Trinajstić information content (AvgIpc) is 3.15.